The van der Waals surface area contributed by atoms with Gasteiger partial charge in [-0.25, -0.2) is 0 Å². The van der Waals surface area contributed by atoms with Crippen LogP contribution >= 0.6 is 11.8 Å². The monoisotopic (exact) mass is 372 g/mol. The maximum absolute atomic E-state index is 5.52. The zero-order chi connectivity index (χ0) is 17.8. The number of thioether (sulfide) groups is 1. The van der Waals surface area contributed by atoms with Gasteiger partial charge in [-0.2, -0.15) is 0 Å². The average Bonchev–Trinajstić information content (AvgIpc) is 3.33. The molecule has 0 N–H and O–H groups in total. The standard InChI is InChI=1S/C20H28N4OS/c1-26-20-22-21-19(24(20)18-5-3-2-4-6-18)13-16-7-10-23(11-8-16)14-17-9-12-25-15-17/h2-6,16-17H,7-15H2,1H3/t17-/m1/s1. The topological polar surface area (TPSA) is 43.2 Å². The van der Waals surface area contributed by atoms with E-state index in [0.29, 0.717) is 5.92 Å². The SMILES string of the molecule is CSc1nnc(CC2CCN(C[C@H]3CCOC3)CC2)n1-c1ccccc1. The first kappa shape index (κ1) is 18.0. The molecular formula is C20H28N4OS. The predicted molar refractivity (Wildman–Crippen MR) is 105 cm³/mol. The maximum Gasteiger partial charge on any atom is 0.195 e. The van der Waals surface area contributed by atoms with Crippen molar-refractivity contribution in [2.45, 2.75) is 30.8 Å². The molecule has 0 saturated carbocycles. The molecule has 2 fully saturated rings. The Labute approximate surface area is 160 Å². The Morgan fingerprint density at radius 3 is 2.58 bits per heavy atom. The molecule has 5 nitrogen and oxygen atoms in total. The molecule has 0 amide bonds. The van der Waals surface area contributed by atoms with E-state index in [-0.39, 0.29) is 0 Å². The molecule has 2 aromatic rings. The van der Waals surface area contributed by atoms with Crippen molar-refractivity contribution in [1.29, 1.82) is 0 Å². The zero-order valence-corrected chi connectivity index (χ0v) is 16.3. The molecule has 4 rings (SSSR count). The number of rotatable bonds is 6. The van der Waals surface area contributed by atoms with Gasteiger partial charge in [0.05, 0.1) is 6.61 Å². The lowest BCUT2D eigenvalue weighted by molar-refractivity contribution is 0.140. The lowest BCUT2D eigenvalue weighted by Crippen LogP contribution is -2.38. The third kappa shape index (κ3) is 4.13. The fraction of sp³-hybridized carbons (Fsp3) is 0.600. The minimum atomic E-state index is 0.701. The van der Waals surface area contributed by atoms with Crippen molar-refractivity contribution < 1.29 is 4.74 Å². The normalized spacial score (nSPS) is 22.1. The van der Waals surface area contributed by atoms with Crippen LogP contribution in [0, 0.1) is 11.8 Å². The quantitative estimate of drug-likeness (QED) is 0.728. The summed E-state index contributed by atoms with van der Waals surface area (Å²) >= 11 is 1.66. The largest absolute Gasteiger partial charge is 0.381 e. The van der Waals surface area contributed by atoms with Crippen molar-refractivity contribution >= 4 is 11.8 Å². The molecule has 0 bridgehead atoms. The fourth-order valence-corrected chi connectivity index (χ4v) is 4.64. The highest BCUT2D eigenvalue weighted by atomic mass is 32.2. The Balaban J connectivity index is 1.38. The minimum Gasteiger partial charge on any atom is -0.381 e. The van der Waals surface area contributed by atoms with Crippen molar-refractivity contribution in [3.8, 4) is 5.69 Å². The van der Waals surface area contributed by atoms with Crippen molar-refractivity contribution in [2.75, 3.05) is 39.1 Å². The van der Waals surface area contributed by atoms with Gasteiger partial charge in [0.1, 0.15) is 5.82 Å². The van der Waals surface area contributed by atoms with Crippen LogP contribution < -0.4 is 0 Å². The number of ether oxygens (including phenoxy) is 1. The van der Waals surface area contributed by atoms with E-state index < -0.39 is 0 Å². The molecule has 1 aromatic carbocycles. The van der Waals surface area contributed by atoms with E-state index in [1.165, 1.54) is 38.9 Å². The summed E-state index contributed by atoms with van der Waals surface area (Å²) in [6.07, 6.45) is 6.83. The lowest BCUT2D eigenvalue weighted by Gasteiger charge is -2.33. The van der Waals surface area contributed by atoms with Crippen LogP contribution in [0.3, 0.4) is 0 Å². The molecule has 0 aliphatic carbocycles. The second-order valence-corrected chi connectivity index (χ2v) is 8.23. The van der Waals surface area contributed by atoms with E-state index >= 15 is 0 Å². The fourth-order valence-electron chi connectivity index (χ4n) is 4.12. The van der Waals surface area contributed by atoms with Crippen molar-refractivity contribution in [3.63, 3.8) is 0 Å². The molecule has 3 heterocycles. The summed E-state index contributed by atoms with van der Waals surface area (Å²) in [6.45, 7) is 5.53. The zero-order valence-electron chi connectivity index (χ0n) is 15.5. The number of likely N-dealkylation sites (tertiary alicyclic amines) is 1. The second-order valence-electron chi connectivity index (χ2n) is 7.45. The Bertz CT molecular complexity index is 691. The van der Waals surface area contributed by atoms with Crippen LogP contribution in [0.1, 0.15) is 25.1 Å². The van der Waals surface area contributed by atoms with E-state index in [1.807, 2.05) is 0 Å². The van der Waals surface area contributed by atoms with Crippen LogP contribution in [0.15, 0.2) is 35.5 Å². The van der Waals surface area contributed by atoms with Gasteiger partial charge in [0, 0.05) is 25.3 Å². The highest BCUT2D eigenvalue weighted by Crippen LogP contribution is 2.26. The average molecular weight is 373 g/mol. The molecule has 0 spiro atoms. The van der Waals surface area contributed by atoms with Crippen LogP contribution in [-0.2, 0) is 11.2 Å². The summed E-state index contributed by atoms with van der Waals surface area (Å²) in [6, 6.07) is 10.5. The molecule has 0 radical (unpaired) electrons. The van der Waals surface area contributed by atoms with Crippen molar-refractivity contribution in [3.05, 3.63) is 36.2 Å². The Morgan fingerprint density at radius 1 is 1.08 bits per heavy atom. The first-order valence-electron chi connectivity index (χ1n) is 9.67. The molecule has 140 valence electrons. The summed E-state index contributed by atoms with van der Waals surface area (Å²) in [5, 5.41) is 9.91. The number of hydrogen-bond acceptors (Lipinski definition) is 5. The Hall–Kier alpha value is -1.37. The van der Waals surface area contributed by atoms with Crippen LogP contribution in [-0.4, -0.2) is 58.8 Å². The van der Waals surface area contributed by atoms with Gasteiger partial charge >= 0.3 is 0 Å². The van der Waals surface area contributed by atoms with Crippen LogP contribution in [0.5, 0.6) is 0 Å². The van der Waals surface area contributed by atoms with Gasteiger partial charge in [0.15, 0.2) is 5.16 Å². The molecule has 6 heteroatoms. The first-order chi connectivity index (χ1) is 12.8. The van der Waals surface area contributed by atoms with E-state index in [1.54, 1.807) is 11.8 Å². The van der Waals surface area contributed by atoms with Crippen LogP contribution in [0.25, 0.3) is 5.69 Å². The maximum atomic E-state index is 5.52. The number of benzene rings is 1. The van der Waals surface area contributed by atoms with Gasteiger partial charge in [-0.05, 0) is 62.6 Å². The molecule has 2 aliphatic heterocycles. The second kappa shape index (κ2) is 8.55. The van der Waals surface area contributed by atoms with Gasteiger partial charge in [-0.1, -0.05) is 30.0 Å². The van der Waals surface area contributed by atoms with Gasteiger partial charge in [-0.3, -0.25) is 4.57 Å². The molecule has 1 aromatic heterocycles. The van der Waals surface area contributed by atoms with Crippen LogP contribution in [0.2, 0.25) is 0 Å². The first-order valence-corrected chi connectivity index (χ1v) is 10.9. The van der Waals surface area contributed by atoms with E-state index in [9.17, 15) is 0 Å². The van der Waals surface area contributed by atoms with Crippen molar-refractivity contribution in [2.24, 2.45) is 11.8 Å². The summed E-state index contributed by atoms with van der Waals surface area (Å²) in [5.41, 5.74) is 1.16. The summed E-state index contributed by atoms with van der Waals surface area (Å²) in [4.78, 5) is 2.63. The van der Waals surface area contributed by atoms with Gasteiger partial charge in [0.25, 0.3) is 0 Å². The Morgan fingerprint density at radius 2 is 1.88 bits per heavy atom. The predicted octanol–water partition coefficient (Wildman–Crippen LogP) is 3.28. The molecule has 26 heavy (non-hydrogen) atoms. The molecule has 1 atom stereocenters. The number of aromatic nitrogens is 3. The molecular weight excluding hydrogens is 344 g/mol. The number of hydrogen-bond donors (Lipinski definition) is 0. The third-order valence-corrected chi connectivity index (χ3v) is 6.25. The highest BCUT2D eigenvalue weighted by molar-refractivity contribution is 7.98. The molecule has 0 unspecified atom stereocenters. The van der Waals surface area contributed by atoms with E-state index in [2.05, 4.69) is 56.3 Å². The molecule has 2 aliphatic rings. The summed E-state index contributed by atoms with van der Waals surface area (Å²) < 4.78 is 7.75. The number of nitrogens with zero attached hydrogens (tertiary/aromatic N) is 4. The smallest absolute Gasteiger partial charge is 0.195 e. The minimum absolute atomic E-state index is 0.701. The number of piperidine rings is 1. The summed E-state index contributed by atoms with van der Waals surface area (Å²) in [5.74, 6) is 2.55. The summed E-state index contributed by atoms with van der Waals surface area (Å²) in [7, 11) is 0. The Kier molecular flexibility index (Phi) is 5.92. The lowest BCUT2D eigenvalue weighted by atomic mass is 9.92. The van der Waals surface area contributed by atoms with Gasteiger partial charge in [-0.15, -0.1) is 10.2 Å². The van der Waals surface area contributed by atoms with Crippen LogP contribution in [0.4, 0.5) is 0 Å². The number of para-hydroxylation sites is 1. The third-order valence-electron chi connectivity index (χ3n) is 5.62. The van der Waals surface area contributed by atoms with E-state index in [0.717, 1.165) is 42.2 Å². The van der Waals surface area contributed by atoms with Gasteiger partial charge < -0.3 is 9.64 Å². The van der Waals surface area contributed by atoms with Gasteiger partial charge in [0.2, 0.25) is 0 Å². The molecule has 2 saturated heterocycles. The highest BCUT2D eigenvalue weighted by Gasteiger charge is 2.25. The van der Waals surface area contributed by atoms with E-state index in [4.69, 9.17) is 4.74 Å². The van der Waals surface area contributed by atoms with Crippen molar-refractivity contribution in [1.82, 2.24) is 19.7 Å².